The van der Waals surface area contributed by atoms with Crippen molar-refractivity contribution in [3.05, 3.63) is 68.8 Å². The summed E-state index contributed by atoms with van der Waals surface area (Å²) in [6.07, 6.45) is -3.55. The molecule has 1 aromatic carbocycles. The van der Waals surface area contributed by atoms with Crippen LogP contribution in [0.3, 0.4) is 0 Å². The van der Waals surface area contributed by atoms with Gasteiger partial charge in [-0.05, 0) is 18.2 Å². The van der Waals surface area contributed by atoms with E-state index >= 15 is 0 Å². The molecule has 0 aliphatic rings. The summed E-state index contributed by atoms with van der Waals surface area (Å²) >= 11 is 0. The van der Waals surface area contributed by atoms with Crippen molar-refractivity contribution in [2.45, 2.75) is 12.7 Å². The molecular formula is C16H10F3N5O5. The number of anilines is 1. The van der Waals surface area contributed by atoms with Gasteiger partial charge in [-0.1, -0.05) is 11.2 Å². The second kappa shape index (κ2) is 7.53. The average molecular weight is 409 g/mol. The van der Waals surface area contributed by atoms with Gasteiger partial charge < -0.3 is 5.32 Å². The Morgan fingerprint density at radius 3 is 2.66 bits per heavy atom. The maximum Gasteiger partial charge on any atom is 0.442 e. The second-order valence-electron chi connectivity index (χ2n) is 5.61. The Morgan fingerprint density at radius 2 is 2.03 bits per heavy atom. The summed E-state index contributed by atoms with van der Waals surface area (Å²) in [5.41, 5.74) is -2.68. The van der Waals surface area contributed by atoms with Crippen molar-refractivity contribution in [3.8, 4) is 11.5 Å². The zero-order chi connectivity index (χ0) is 21.2. The van der Waals surface area contributed by atoms with Crippen molar-refractivity contribution < 1.29 is 27.4 Å². The van der Waals surface area contributed by atoms with Gasteiger partial charge in [-0.3, -0.25) is 24.4 Å². The van der Waals surface area contributed by atoms with E-state index in [0.29, 0.717) is 6.07 Å². The molecule has 3 rings (SSSR count). The average Bonchev–Trinajstić information content (AvgIpc) is 3.02. The number of aromatic nitrogens is 3. The highest BCUT2D eigenvalue weighted by Crippen LogP contribution is 2.37. The van der Waals surface area contributed by atoms with Crippen LogP contribution >= 0.6 is 0 Å². The molecule has 0 saturated heterocycles. The number of amides is 1. The summed E-state index contributed by atoms with van der Waals surface area (Å²) in [5.74, 6) is -2.11. The Hall–Kier alpha value is -4.03. The lowest BCUT2D eigenvalue weighted by Crippen LogP contribution is -2.26. The van der Waals surface area contributed by atoms with E-state index in [9.17, 15) is 32.9 Å². The molecule has 0 unspecified atom stereocenters. The molecule has 0 bridgehead atoms. The molecule has 0 aliphatic heterocycles. The third kappa shape index (κ3) is 4.28. The lowest BCUT2D eigenvalue weighted by atomic mass is 10.1. The maximum absolute atomic E-state index is 13.2. The van der Waals surface area contributed by atoms with Crippen LogP contribution in [0.4, 0.5) is 24.5 Å². The number of rotatable bonds is 5. The van der Waals surface area contributed by atoms with Gasteiger partial charge in [0.25, 0.3) is 5.69 Å². The van der Waals surface area contributed by atoms with Gasteiger partial charge in [0.1, 0.15) is 12.2 Å². The molecule has 2 aromatic heterocycles. The first kappa shape index (κ1) is 19.7. The predicted octanol–water partition coefficient (Wildman–Crippen LogP) is 2.46. The molecule has 0 fully saturated rings. The number of alkyl halides is 3. The van der Waals surface area contributed by atoms with Gasteiger partial charge in [-0.15, -0.1) is 0 Å². The van der Waals surface area contributed by atoms with Crippen LogP contribution in [-0.2, 0) is 17.5 Å². The predicted molar refractivity (Wildman–Crippen MR) is 90.7 cm³/mol. The number of hydrogen-bond acceptors (Lipinski definition) is 7. The molecule has 150 valence electrons. The van der Waals surface area contributed by atoms with Gasteiger partial charge in [-0.2, -0.15) is 13.2 Å². The van der Waals surface area contributed by atoms with Crippen molar-refractivity contribution in [2.75, 3.05) is 5.32 Å². The van der Waals surface area contributed by atoms with Gasteiger partial charge in [0.2, 0.25) is 11.7 Å². The zero-order valence-corrected chi connectivity index (χ0v) is 14.2. The summed E-state index contributed by atoms with van der Waals surface area (Å²) < 4.78 is 44.9. The van der Waals surface area contributed by atoms with Crippen LogP contribution in [-0.4, -0.2) is 25.5 Å². The van der Waals surface area contributed by atoms with Gasteiger partial charge in [0.15, 0.2) is 0 Å². The van der Waals surface area contributed by atoms with Crippen LogP contribution in [0.5, 0.6) is 0 Å². The van der Waals surface area contributed by atoms with Gasteiger partial charge >= 0.3 is 11.9 Å². The number of nitro benzene ring substituents is 1. The first-order chi connectivity index (χ1) is 13.7. The lowest BCUT2D eigenvalue weighted by molar-refractivity contribution is -0.385. The maximum atomic E-state index is 13.2. The Bertz CT molecular complexity index is 1120. The number of carbonyl (C=O) groups is 1. The fourth-order valence-corrected chi connectivity index (χ4v) is 2.41. The minimum Gasteiger partial charge on any atom is -0.324 e. The highest BCUT2D eigenvalue weighted by Gasteiger charge is 2.35. The zero-order valence-electron chi connectivity index (χ0n) is 14.2. The van der Waals surface area contributed by atoms with E-state index in [-0.39, 0.29) is 11.5 Å². The molecule has 3 aromatic rings. The molecule has 1 amide bonds. The van der Waals surface area contributed by atoms with Crippen LogP contribution < -0.4 is 11.1 Å². The Morgan fingerprint density at radius 1 is 1.28 bits per heavy atom. The van der Waals surface area contributed by atoms with Crippen molar-refractivity contribution in [3.63, 3.8) is 0 Å². The fourth-order valence-electron chi connectivity index (χ4n) is 2.41. The fraction of sp³-hybridized carbons (Fsp3) is 0.125. The van der Waals surface area contributed by atoms with Gasteiger partial charge in [0, 0.05) is 18.3 Å². The van der Waals surface area contributed by atoms with Crippen LogP contribution in [0.2, 0.25) is 0 Å². The summed E-state index contributed by atoms with van der Waals surface area (Å²) in [5, 5.41) is 16.2. The van der Waals surface area contributed by atoms with E-state index in [2.05, 4.69) is 14.7 Å². The smallest absolute Gasteiger partial charge is 0.324 e. The molecule has 1 N–H and O–H groups in total. The number of hydrogen-bond donors (Lipinski definition) is 1. The molecule has 0 atom stereocenters. The number of nitro groups is 1. The number of nitrogens with zero attached hydrogens (tertiary/aromatic N) is 4. The van der Waals surface area contributed by atoms with Gasteiger partial charge in [0.05, 0.1) is 16.2 Å². The third-order valence-electron chi connectivity index (χ3n) is 3.68. The Balaban J connectivity index is 1.89. The topological polar surface area (TPSA) is 133 Å². The summed E-state index contributed by atoms with van der Waals surface area (Å²) in [6.45, 7) is -0.720. The molecule has 29 heavy (non-hydrogen) atoms. The third-order valence-corrected chi connectivity index (χ3v) is 3.68. The number of benzene rings is 1. The van der Waals surface area contributed by atoms with Crippen LogP contribution in [0.15, 0.2) is 51.9 Å². The minimum atomic E-state index is -4.96. The summed E-state index contributed by atoms with van der Waals surface area (Å²) in [6, 6.07) is 6.57. The number of halogens is 3. The first-order valence-electron chi connectivity index (χ1n) is 7.80. The molecule has 0 radical (unpaired) electrons. The highest BCUT2D eigenvalue weighted by molar-refractivity contribution is 5.92. The van der Waals surface area contributed by atoms with E-state index in [1.54, 1.807) is 12.1 Å². The van der Waals surface area contributed by atoms with Crippen LogP contribution in [0, 0.1) is 10.1 Å². The first-order valence-corrected chi connectivity index (χ1v) is 7.80. The van der Waals surface area contributed by atoms with E-state index in [0.717, 1.165) is 16.7 Å². The minimum absolute atomic E-state index is 0.0921. The van der Waals surface area contributed by atoms with Crippen molar-refractivity contribution >= 4 is 17.3 Å². The molecule has 0 spiro atoms. The molecule has 0 aliphatic carbocycles. The van der Waals surface area contributed by atoms with Crippen molar-refractivity contribution in [1.82, 2.24) is 14.7 Å². The Labute approximate surface area is 158 Å². The molecule has 10 nitrogen and oxygen atoms in total. The van der Waals surface area contributed by atoms with Crippen molar-refractivity contribution in [2.24, 2.45) is 0 Å². The lowest BCUT2D eigenvalue weighted by Gasteiger charge is -2.13. The van der Waals surface area contributed by atoms with Crippen LogP contribution in [0.25, 0.3) is 11.5 Å². The monoisotopic (exact) mass is 409 g/mol. The number of carbonyl (C=O) groups excluding carboxylic acids is 1. The normalized spacial score (nSPS) is 11.3. The molecule has 13 heteroatoms. The number of nitrogens with one attached hydrogen (secondary N) is 1. The number of pyridine rings is 1. The van der Waals surface area contributed by atoms with E-state index in [1.165, 1.54) is 12.3 Å². The van der Waals surface area contributed by atoms with E-state index in [1.807, 2.05) is 5.32 Å². The van der Waals surface area contributed by atoms with Crippen LogP contribution in [0.1, 0.15) is 5.56 Å². The SMILES string of the molecule is O=C(Cn1c(-c2ccccn2)noc1=O)Nc1ccc([N+](=O)[O-])cc1C(F)(F)F. The van der Waals surface area contributed by atoms with Crippen molar-refractivity contribution in [1.29, 1.82) is 0 Å². The Kier molecular flexibility index (Phi) is 5.12. The summed E-state index contributed by atoms with van der Waals surface area (Å²) in [4.78, 5) is 37.8. The second-order valence-corrected chi connectivity index (χ2v) is 5.61. The quantitative estimate of drug-likeness (QED) is 0.505. The molecule has 0 saturated carbocycles. The van der Waals surface area contributed by atoms with E-state index < -0.39 is 46.2 Å². The standard InChI is InChI=1S/C16H10F3N5O5/c17-16(18,19)10-7-9(24(27)28)4-5-11(10)21-13(25)8-23-14(22-29-15(23)26)12-3-1-2-6-20-12/h1-7H,8H2,(H,21,25). The number of non-ortho nitro benzene ring substituents is 1. The van der Waals surface area contributed by atoms with E-state index in [4.69, 9.17) is 0 Å². The largest absolute Gasteiger partial charge is 0.442 e. The molecular weight excluding hydrogens is 399 g/mol. The molecule has 2 heterocycles. The highest BCUT2D eigenvalue weighted by atomic mass is 19.4. The summed E-state index contributed by atoms with van der Waals surface area (Å²) in [7, 11) is 0. The van der Waals surface area contributed by atoms with Gasteiger partial charge in [-0.25, -0.2) is 9.36 Å².